The average Bonchev–Trinajstić information content (AvgIpc) is 2.74. The molecule has 3 aromatic carbocycles. The van der Waals surface area contributed by atoms with Crippen LogP contribution in [-0.2, 0) is 4.79 Å². The van der Waals surface area contributed by atoms with Gasteiger partial charge >= 0.3 is 0 Å². The van der Waals surface area contributed by atoms with Gasteiger partial charge in [0.05, 0.1) is 23.2 Å². The lowest BCUT2D eigenvalue weighted by Gasteiger charge is -2.08. The maximum absolute atomic E-state index is 11.2. The number of carbonyl (C=O) groups is 1. The van der Waals surface area contributed by atoms with Crippen LogP contribution in [0.15, 0.2) is 82.2 Å². The van der Waals surface area contributed by atoms with Crippen molar-refractivity contribution in [2.75, 3.05) is 12.4 Å². The Balaban J connectivity index is 1.90. The molecule has 1 aromatic heterocycles. The van der Waals surface area contributed by atoms with Crippen molar-refractivity contribution in [2.24, 2.45) is 4.99 Å². The monoisotopic (exact) mass is 418 g/mol. The fourth-order valence-corrected chi connectivity index (χ4v) is 3.35. The van der Waals surface area contributed by atoms with Gasteiger partial charge in [0.1, 0.15) is 17.1 Å². The van der Waals surface area contributed by atoms with E-state index in [1.807, 2.05) is 72.8 Å². The van der Waals surface area contributed by atoms with Gasteiger partial charge in [0.15, 0.2) is 0 Å². The minimum Gasteiger partial charge on any atom is -0.497 e. The van der Waals surface area contributed by atoms with Crippen LogP contribution in [-0.4, -0.2) is 13.0 Å². The highest BCUT2D eigenvalue weighted by atomic mass is 35.5. The van der Waals surface area contributed by atoms with E-state index in [2.05, 4.69) is 5.32 Å². The van der Waals surface area contributed by atoms with Crippen molar-refractivity contribution in [2.45, 2.75) is 6.92 Å². The fourth-order valence-electron chi connectivity index (χ4n) is 3.12. The minimum absolute atomic E-state index is 0.119. The second kappa shape index (κ2) is 8.43. The molecule has 0 aliphatic rings. The molecule has 0 unspecified atom stereocenters. The molecule has 1 N–H and O–H groups in total. The Kier molecular flexibility index (Phi) is 5.55. The van der Waals surface area contributed by atoms with Gasteiger partial charge in [-0.1, -0.05) is 23.7 Å². The van der Waals surface area contributed by atoms with Gasteiger partial charge in [-0.25, -0.2) is 4.99 Å². The van der Waals surface area contributed by atoms with Crippen LogP contribution < -0.4 is 15.4 Å². The lowest BCUT2D eigenvalue weighted by atomic mass is 10.1. The number of ether oxygens (including phenoxy) is 1. The van der Waals surface area contributed by atoms with Crippen LogP contribution in [0.2, 0.25) is 5.02 Å². The molecular formula is C24H19ClN2O3. The first-order chi connectivity index (χ1) is 14.5. The van der Waals surface area contributed by atoms with Crippen LogP contribution in [0, 0.1) is 0 Å². The Morgan fingerprint density at radius 2 is 1.80 bits per heavy atom. The number of anilines is 1. The molecule has 4 rings (SSSR count). The topological polar surface area (TPSA) is 63.8 Å². The average molecular weight is 419 g/mol. The molecule has 0 saturated carbocycles. The highest BCUT2D eigenvalue weighted by Gasteiger charge is 2.10. The second-order valence-corrected chi connectivity index (χ2v) is 7.08. The molecule has 150 valence electrons. The summed E-state index contributed by atoms with van der Waals surface area (Å²) in [6.45, 7) is 1.47. The summed E-state index contributed by atoms with van der Waals surface area (Å²) in [5.41, 5.74) is 2.91. The number of halogens is 1. The number of nitrogens with zero attached hydrogens (tertiary/aromatic N) is 1. The summed E-state index contributed by atoms with van der Waals surface area (Å²) in [6, 6.07) is 22.3. The summed E-state index contributed by atoms with van der Waals surface area (Å²) < 4.78 is 11.5. The van der Waals surface area contributed by atoms with Gasteiger partial charge in [0.2, 0.25) is 5.91 Å². The van der Waals surface area contributed by atoms with Crippen molar-refractivity contribution < 1.29 is 13.9 Å². The van der Waals surface area contributed by atoms with Crippen LogP contribution in [0.25, 0.3) is 22.3 Å². The maximum atomic E-state index is 11.2. The molecule has 0 saturated heterocycles. The molecular weight excluding hydrogens is 400 g/mol. The lowest BCUT2D eigenvalue weighted by molar-refractivity contribution is -0.114. The third-order valence-electron chi connectivity index (χ3n) is 4.53. The number of rotatable bonds is 4. The van der Waals surface area contributed by atoms with Gasteiger partial charge < -0.3 is 14.5 Å². The molecule has 0 aliphatic carbocycles. The van der Waals surface area contributed by atoms with E-state index in [1.54, 1.807) is 7.11 Å². The highest BCUT2D eigenvalue weighted by Crippen LogP contribution is 2.30. The van der Waals surface area contributed by atoms with Crippen molar-refractivity contribution >= 4 is 39.9 Å². The van der Waals surface area contributed by atoms with E-state index in [9.17, 15) is 4.79 Å². The summed E-state index contributed by atoms with van der Waals surface area (Å²) in [4.78, 5) is 16.0. The van der Waals surface area contributed by atoms with Gasteiger partial charge in [0.25, 0.3) is 0 Å². The zero-order valence-electron chi connectivity index (χ0n) is 16.5. The molecule has 0 fully saturated rings. The molecule has 1 amide bonds. The van der Waals surface area contributed by atoms with Crippen molar-refractivity contribution in [3.63, 3.8) is 0 Å². The highest BCUT2D eigenvalue weighted by molar-refractivity contribution is 6.33. The third-order valence-corrected chi connectivity index (χ3v) is 4.86. The molecule has 5 nitrogen and oxygen atoms in total. The Bertz CT molecular complexity index is 1290. The molecule has 0 aliphatic heterocycles. The number of fused-ring (bicyclic) bond motifs is 1. The first-order valence-corrected chi connectivity index (χ1v) is 9.70. The standard InChI is InChI=1S/C24H19ClN2O3/c1-15(28)26-16-7-9-17(10-8-16)27-22-14-24(19-5-3-4-6-21(19)25)30-23-12-11-18(29-2)13-20(22)23/h3-14H,1-2H3,(H,26,28). The van der Waals surface area contributed by atoms with Gasteiger partial charge in [-0.05, 0) is 54.6 Å². The van der Waals surface area contributed by atoms with E-state index in [-0.39, 0.29) is 5.91 Å². The second-order valence-electron chi connectivity index (χ2n) is 6.68. The lowest BCUT2D eigenvalue weighted by Crippen LogP contribution is -2.05. The normalized spacial score (nSPS) is 11.5. The summed E-state index contributed by atoms with van der Waals surface area (Å²) in [6.07, 6.45) is 0. The Labute approximate surface area is 178 Å². The number of nitrogens with one attached hydrogen (secondary N) is 1. The van der Waals surface area contributed by atoms with E-state index in [0.29, 0.717) is 27.8 Å². The number of hydrogen-bond acceptors (Lipinski definition) is 4. The minimum atomic E-state index is -0.119. The predicted octanol–water partition coefficient (Wildman–Crippen LogP) is 5.95. The molecule has 6 heteroatoms. The number of methoxy groups -OCH3 is 1. The van der Waals surface area contributed by atoms with Crippen LogP contribution in [0.3, 0.4) is 0 Å². The predicted molar refractivity (Wildman–Crippen MR) is 119 cm³/mol. The molecule has 0 atom stereocenters. The van der Waals surface area contributed by atoms with Gasteiger partial charge in [-0.15, -0.1) is 0 Å². The van der Waals surface area contributed by atoms with Crippen molar-refractivity contribution in [3.8, 4) is 17.1 Å². The van der Waals surface area contributed by atoms with Crippen molar-refractivity contribution in [1.82, 2.24) is 0 Å². The van der Waals surface area contributed by atoms with Crippen molar-refractivity contribution in [1.29, 1.82) is 0 Å². The van der Waals surface area contributed by atoms with Crippen molar-refractivity contribution in [3.05, 3.63) is 83.2 Å². The molecule has 0 bridgehead atoms. The number of carbonyl (C=O) groups excluding carboxylic acids is 1. The summed E-state index contributed by atoms with van der Waals surface area (Å²) in [5, 5.41) is 4.88. The first kappa shape index (κ1) is 19.7. The van der Waals surface area contributed by atoms with Crippen LogP contribution in [0.1, 0.15) is 6.92 Å². The maximum Gasteiger partial charge on any atom is 0.221 e. The molecule has 1 heterocycles. The molecule has 0 spiro atoms. The van der Waals surface area contributed by atoms with Crippen LogP contribution in [0.4, 0.5) is 11.4 Å². The zero-order chi connectivity index (χ0) is 21.1. The molecule has 4 aromatic rings. The Morgan fingerprint density at radius 1 is 1.03 bits per heavy atom. The van der Waals surface area contributed by atoms with E-state index in [4.69, 9.17) is 25.7 Å². The number of amides is 1. The molecule has 0 radical (unpaired) electrons. The zero-order valence-corrected chi connectivity index (χ0v) is 17.2. The first-order valence-electron chi connectivity index (χ1n) is 9.33. The van der Waals surface area contributed by atoms with Crippen LogP contribution in [0.5, 0.6) is 5.75 Å². The SMILES string of the molecule is COc1ccc2oc(-c3ccccc3Cl)cc(=Nc3ccc(NC(C)=O)cc3)c2c1. The van der Waals surface area contributed by atoms with E-state index >= 15 is 0 Å². The fraction of sp³-hybridized carbons (Fsp3) is 0.0833. The Morgan fingerprint density at radius 3 is 2.50 bits per heavy atom. The third kappa shape index (κ3) is 4.21. The van der Waals surface area contributed by atoms with E-state index in [0.717, 1.165) is 22.0 Å². The van der Waals surface area contributed by atoms with Gasteiger partial charge in [-0.2, -0.15) is 0 Å². The Hall–Kier alpha value is -3.57. The van der Waals surface area contributed by atoms with Gasteiger partial charge in [0, 0.05) is 29.6 Å². The quantitative estimate of drug-likeness (QED) is 0.445. The van der Waals surface area contributed by atoms with Gasteiger partial charge in [-0.3, -0.25) is 4.79 Å². The van der Waals surface area contributed by atoms with Crippen LogP contribution >= 0.6 is 11.6 Å². The summed E-state index contributed by atoms with van der Waals surface area (Å²) in [5.74, 6) is 1.21. The summed E-state index contributed by atoms with van der Waals surface area (Å²) >= 11 is 6.38. The molecule has 30 heavy (non-hydrogen) atoms. The number of benzene rings is 3. The van der Waals surface area contributed by atoms with E-state index in [1.165, 1.54) is 6.92 Å². The largest absolute Gasteiger partial charge is 0.497 e. The van der Waals surface area contributed by atoms with E-state index < -0.39 is 0 Å². The number of hydrogen-bond donors (Lipinski definition) is 1. The summed E-state index contributed by atoms with van der Waals surface area (Å²) in [7, 11) is 1.62. The smallest absolute Gasteiger partial charge is 0.221 e.